The summed E-state index contributed by atoms with van der Waals surface area (Å²) in [6.45, 7) is 1.73. The van der Waals surface area contributed by atoms with Gasteiger partial charge in [-0.1, -0.05) is 12.1 Å². The molecule has 0 spiro atoms. The Bertz CT molecular complexity index is 539. The molecule has 1 aliphatic rings. The number of amides is 1. The summed E-state index contributed by atoms with van der Waals surface area (Å²) in [6, 6.07) is 5.40. The highest BCUT2D eigenvalue weighted by Crippen LogP contribution is 2.26. The summed E-state index contributed by atoms with van der Waals surface area (Å²) in [4.78, 5) is 11.5. The van der Waals surface area contributed by atoms with Crippen molar-refractivity contribution in [3.63, 3.8) is 0 Å². The van der Waals surface area contributed by atoms with E-state index in [0.29, 0.717) is 16.4 Å². The van der Waals surface area contributed by atoms with E-state index in [4.69, 9.17) is 18.0 Å². The molecule has 1 heterocycles. The van der Waals surface area contributed by atoms with Crippen molar-refractivity contribution in [1.82, 2.24) is 10.6 Å². The van der Waals surface area contributed by atoms with Crippen molar-refractivity contribution in [3.8, 4) is 0 Å². The van der Waals surface area contributed by atoms with Gasteiger partial charge in [-0.2, -0.15) is 0 Å². The molecule has 0 fully saturated rings. The molecule has 4 N–H and O–H groups in total. The zero-order chi connectivity index (χ0) is 13.3. The molecule has 0 bridgehead atoms. The minimum atomic E-state index is -0.538. The number of hydrogen-bond acceptors (Lipinski definition) is 2. The second-order valence-corrected chi connectivity index (χ2v) is 4.39. The van der Waals surface area contributed by atoms with Crippen LogP contribution in [0.15, 0.2) is 35.5 Å². The van der Waals surface area contributed by atoms with Crippen molar-refractivity contribution in [2.24, 2.45) is 5.73 Å². The lowest BCUT2D eigenvalue weighted by atomic mass is 9.95. The largest absolute Gasteiger partial charge is 0.366 e. The average Bonchev–Trinajstić information content (AvgIpc) is 2.28. The lowest BCUT2D eigenvalue weighted by Crippen LogP contribution is -2.46. The van der Waals surface area contributed by atoms with Crippen LogP contribution in [0.5, 0.6) is 0 Å². The summed E-state index contributed by atoms with van der Waals surface area (Å²) in [5, 5.41) is 6.21. The maximum Gasteiger partial charge on any atom is 0.248 e. The highest BCUT2D eigenvalue weighted by Gasteiger charge is 2.28. The molecule has 94 valence electrons. The van der Waals surface area contributed by atoms with Gasteiger partial charge in [0.2, 0.25) is 5.91 Å². The van der Waals surface area contributed by atoms with Crippen LogP contribution in [0.1, 0.15) is 18.5 Å². The van der Waals surface area contributed by atoms with Gasteiger partial charge in [0.05, 0.1) is 11.6 Å². The fourth-order valence-corrected chi connectivity index (χ4v) is 2.20. The minimum Gasteiger partial charge on any atom is -0.366 e. The van der Waals surface area contributed by atoms with Crippen molar-refractivity contribution in [2.75, 3.05) is 0 Å². The number of primary amides is 1. The van der Waals surface area contributed by atoms with Gasteiger partial charge in [0.25, 0.3) is 0 Å². The van der Waals surface area contributed by atoms with Gasteiger partial charge in [0.15, 0.2) is 5.11 Å². The Labute approximate surface area is 109 Å². The number of rotatable bonds is 2. The first-order valence-electron chi connectivity index (χ1n) is 5.32. The smallest absolute Gasteiger partial charge is 0.248 e. The van der Waals surface area contributed by atoms with Gasteiger partial charge in [-0.15, -0.1) is 0 Å². The molecular formula is C12H12FN3OS. The fourth-order valence-electron chi connectivity index (χ4n) is 1.93. The lowest BCUT2D eigenvalue weighted by Gasteiger charge is -2.29. The number of nitrogens with one attached hydrogen (secondary N) is 2. The summed E-state index contributed by atoms with van der Waals surface area (Å²) in [5.74, 6) is -0.874. The van der Waals surface area contributed by atoms with Crippen LogP contribution in [-0.2, 0) is 4.79 Å². The van der Waals surface area contributed by atoms with Crippen molar-refractivity contribution in [1.29, 1.82) is 0 Å². The molecular weight excluding hydrogens is 253 g/mol. The van der Waals surface area contributed by atoms with E-state index in [0.717, 1.165) is 5.56 Å². The summed E-state index contributed by atoms with van der Waals surface area (Å²) in [5.41, 5.74) is 7.11. The fraction of sp³-hybridized carbons (Fsp3) is 0.167. The molecule has 18 heavy (non-hydrogen) atoms. The maximum absolute atomic E-state index is 12.9. The number of nitrogens with two attached hydrogens (primary N) is 1. The van der Waals surface area contributed by atoms with Gasteiger partial charge in [0.1, 0.15) is 5.82 Å². The van der Waals surface area contributed by atoms with E-state index >= 15 is 0 Å². The van der Waals surface area contributed by atoms with Crippen LogP contribution in [0.2, 0.25) is 0 Å². The van der Waals surface area contributed by atoms with E-state index in [9.17, 15) is 9.18 Å². The Morgan fingerprint density at radius 3 is 2.56 bits per heavy atom. The first-order valence-corrected chi connectivity index (χ1v) is 5.73. The standard InChI is InChI=1S/C12H12FN3OS/c1-6-9(11(14)17)10(16-12(18)15-6)7-2-4-8(13)5-3-7/h2-5,10H,1H3,(H2,14,17)(H2,15,16,18)/t10-/m1/s1. The molecule has 4 nitrogen and oxygen atoms in total. The third-order valence-electron chi connectivity index (χ3n) is 2.74. The van der Waals surface area contributed by atoms with Crippen LogP contribution >= 0.6 is 12.2 Å². The van der Waals surface area contributed by atoms with Crippen molar-refractivity contribution < 1.29 is 9.18 Å². The first kappa shape index (κ1) is 12.5. The third kappa shape index (κ3) is 2.33. The van der Waals surface area contributed by atoms with Crippen LogP contribution in [0.25, 0.3) is 0 Å². The van der Waals surface area contributed by atoms with E-state index in [2.05, 4.69) is 10.6 Å². The molecule has 1 aromatic rings. The number of benzene rings is 1. The monoisotopic (exact) mass is 265 g/mol. The molecule has 1 aromatic carbocycles. The van der Waals surface area contributed by atoms with Crippen LogP contribution < -0.4 is 16.4 Å². The number of carbonyl (C=O) groups is 1. The number of thiocarbonyl (C=S) groups is 1. The molecule has 0 saturated heterocycles. The summed E-state index contributed by atoms with van der Waals surface area (Å²) < 4.78 is 12.9. The zero-order valence-electron chi connectivity index (χ0n) is 9.66. The molecule has 0 radical (unpaired) electrons. The number of allylic oxidation sites excluding steroid dienone is 1. The van der Waals surface area contributed by atoms with E-state index in [1.165, 1.54) is 12.1 Å². The van der Waals surface area contributed by atoms with Crippen LogP contribution in [-0.4, -0.2) is 11.0 Å². The molecule has 6 heteroatoms. The van der Waals surface area contributed by atoms with Gasteiger partial charge in [-0.05, 0) is 36.8 Å². The predicted octanol–water partition coefficient (Wildman–Crippen LogP) is 1.10. The zero-order valence-corrected chi connectivity index (χ0v) is 10.5. The van der Waals surface area contributed by atoms with Crippen LogP contribution in [0.4, 0.5) is 4.39 Å². The highest BCUT2D eigenvalue weighted by atomic mass is 32.1. The summed E-state index contributed by atoms with van der Waals surface area (Å²) in [6.07, 6.45) is 0. The summed E-state index contributed by atoms with van der Waals surface area (Å²) >= 11 is 5.04. The average molecular weight is 265 g/mol. The normalized spacial score (nSPS) is 19.2. The van der Waals surface area contributed by atoms with Gasteiger partial charge in [-0.25, -0.2) is 4.39 Å². The van der Waals surface area contributed by atoms with E-state index in [1.54, 1.807) is 19.1 Å². The Morgan fingerprint density at radius 1 is 1.39 bits per heavy atom. The van der Waals surface area contributed by atoms with Gasteiger partial charge in [0, 0.05) is 5.70 Å². The number of halogens is 1. The van der Waals surface area contributed by atoms with Crippen molar-refractivity contribution >= 4 is 23.2 Å². The van der Waals surface area contributed by atoms with Gasteiger partial charge in [-0.3, -0.25) is 4.79 Å². The van der Waals surface area contributed by atoms with Crippen molar-refractivity contribution in [3.05, 3.63) is 46.9 Å². The van der Waals surface area contributed by atoms with Gasteiger partial charge < -0.3 is 16.4 Å². The van der Waals surface area contributed by atoms with E-state index in [-0.39, 0.29) is 5.82 Å². The van der Waals surface area contributed by atoms with E-state index in [1.807, 2.05) is 0 Å². The lowest BCUT2D eigenvalue weighted by molar-refractivity contribution is -0.115. The molecule has 2 rings (SSSR count). The summed E-state index contributed by atoms with van der Waals surface area (Å²) in [7, 11) is 0. The first-order chi connectivity index (χ1) is 8.49. The molecule has 0 saturated carbocycles. The molecule has 1 aliphatic heterocycles. The molecule has 0 aliphatic carbocycles. The SMILES string of the molecule is CC1=C(C(N)=O)[C@@H](c2ccc(F)cc2)NC(=S)N1. The predicted molar refractivity (Wildman–Crippen MR) is 69.9 cm³/mol. The van der Waals surface area contributed by atoms with Crippen LogP contribution in [0.3, 0.4) is 0 Å². The molecule has 1 atom stereocenters. The second-order valence-electron chi connectivity index (χ2n) is 3.99. The highest BCUT2D eigenvalue weighted by molar-refractivity contribution is 7.80. The Morgan fingerprint density at radius 2 is 2.00 bits per heavy atom. The maximum atomic E-state index is 12.9. The second kappa shape index (κ2) is 4.73. The Kier molecular flexibility index (Phi) is 3.29. The molecule has 0 aromatic heterocycles. The van der Waals surface area contributed by atoms with E-state index < -0.39 is 11.9 Å². The number of carbonyl (C=O) groups excluding carboxylic acids is 1. The topological polar surface area (TPSA) is 67.2 Å². The Balaban J connectivity index is 2.46. The number of hydrogen-bond donors (Lipinski definition) is 3. The van der Waals surface area contributed by atoms with Crippen LogP contribution in [0, 0.1) is 5.82 Å². The molecule has 0 unspecified atom stereocenters. The van der Waals surface area contributed by atoms with Gasteiger partial charge >= 0.3 is 0 Å². The third-order valence-corrected chi connectivity index (χ3v) is 2.96. The van der Waals surface area contributed by atoms with Crippen molar-refractivity contribution in [2.45, 2.75) is 13.0 Å². The minimum absolute atomic E-state index is 0.336. The molecule has 1 amide bonds. The Hall–Kier alpha value is -1.95. The quantitative estimate of drug-likeness (QED) is 0.701.